The normalized spacial score (nSPS) is 14.9. The smallest absolute Gasteiger partial charge is 0.159 e. The molecule has 0 saturated carbocycles. The Kier molecular flexibility index (Phi) is 3.06. The van der Waals surface area contributed by atoms with E-state index in [-0.39, 0.29) is 5.78 Å². The zero-order valence-electron chi connectivity index (χ0n) is 8.87. The van der Waals surface area contributed by atoms with E-state index in [1.54, 1.807) is 31.2 Å². The van der Waals surface area contributed by atoms with Gasteiger partial charge in [-0.25, -0.2) is 0 Å². The molecule has 0 amide bonds. The number of hydrogen-bond donors (Lipinski definition) is 1. The van der Waals surface area contributed by atoms with Crippen LogP contribution in [-0.4, -0.2) is 10.9 Å². The third-order valence-corrected chi connectivity index (χ3v) is 2.60. The van der Waals surface area contributed by atoms with Gasteiger partial charge in [0.2, 0.25) is 0 Å². The second-order valence-corrected chi connectivity index (χ2v) is 3.76. The Hall–Kier alpha value is -1.15. The second-order valence-electron chi connectivity index (χ2n) is 3.76. The molecule has 0 aliphatic heterocycles. The van der Waals surface area contributed by atoms with E-state index in [4.69, 9.17) is 0 Å². The van der Waals surface area contributed by atoms with Gasteiger partial charge in [-0.3, -0.25) is 4.79 Å². The van der Waals surface area contributed by atoms with E-state index >= 15 is 0 Å². The van der Waals surface area contributed by atoms with Crippen LogP contribution in [0.2, 0.25) is 0 Å². The molecule has 0 heterocycles. The van der Waals surface area contributed by atoms with Crippen LogP contribution in [0.15, 0.2) is 24.3 Å². The lowest BCUT2D eigenvalue weighted by Crippen LogP contribution is -2.19. The van der Waals surface area contributed by atoms with Gasteiger partial charge in [0.25, 0.3) is 0 Å². The molecule has 0 aliphatic rings. The van der Waals surface area contributed by atoms with Gasteiger partial charge in [-0.15, -0.1) is 0 Å². The third kappa shape index (κ3) is 2.20. The summed E-state index contributed by atoms with van der Waals surface area (Å²) in [5.74, 6) is 0.0488. The number of hydrogen-bond acceptors (Lipinski definition) is 2. The van der Waals surface area contributed by atoms with Crippen molar-refractivity contribution in [3.8, 4) is 0 Å². The summed E-state index contributed by atoms with van der Waals surface area (Å²) in [6, 6.07) is 7.12. The molecule has 2 heteroatoms. The molecule has 0 saturated heterocycles. The van der Waals surface area contributed by atoms with E-state index < -0.39 is 5.60 Å². The van der Waals surface area contributed by atoms with Crippen LogP contribution in [0.1, 0.15) is 43.1 Å². The Balaban J connectivity index is 2.99. The molecule has 1 atom stereocenters. The Bertz CT molecular complexity index is 323. The van der Waals surface area contributed by atoms with Gasteiger partial charge in [0.05, 0.1) is 5.60 Å². The quantitative estimate of drug-likeness (QED) is 0.747. The first-order valence-electron chi connectivity index (χ1n) is 4.81. The van der Waals surface area contributed by atoms with Gasteiger partial charge in [-0.2, -0.15) is 0 Å². The van der Waals surface area contributed by atoms with Crippen LogP contribution in [0, 0.1) is 0 Å². The summed E-state index contributed by atoms with van der Waals surface area (Å²) < 4.78 is 0. The average Bonchev–Trinajstić information content (AvgIpc) is 2.18. The third-order valence-electron chi connectivity index (χ3n) is 2.60. The maximum atomic E-state index is 11.0. The molecule has 14 heavy (non-hydrogen) atoms. The minimum atomic E-state index is -0.796. The summed E-state index contributed by atoms with van der Waals surface area (Å²) in [5, 5.41) is 9.94. The molecule has 1 rings (SSSR count). The fraction of sp³-hybridized carbons (Fsp3) is 0.417. The molecule has 0 aliphatic carbocycles. The number of aliphatic hydroxyl groups is 1. The van der Waals surface area contributed by atoms with Crippen LogP contribution in [0.3, 0.4) is 0 Å². The molecule has 1 N–H and O–H groups in total. The molecule has 76 valence electrons. The highest BCUT2D eigenvalue weighted by molar-refractivity contribution is 5.94. The SMILES string of the molecule is CCC(C)(O)c1ccc(C(C)=O)cc1. The molecule has 0 radical (unpaired) electrons. The topological polar surface area (TPSA) is 37.3 Å². The first-order chi connectivity index (χ1) is 6.47. The average molecular weight is 192 g/mol. The number of benzene rings is 1. The molecule has 0 bridgehead atoms. The first-order valence-corrected chi connectivity index (χ1v) is 4.81. The van der Waals surface area contributed by atoms with Crippen molar-refractivity contribution >= 4 is 5.78 Å². The standard InChI is InChI=1S/C12H16O2/c1-4-12(3,14)11-7-5-10(6-8-11)9(2)13/h5-8,14H,4H2,1-3H3. The van der Waals surface area contributed by atoms with Crippen molar-refractivity contribution in [2.75, 3.05) is 0 Å². The van der Waals surface area contributed by atoms with Gasteiger partial charge < -0.3 is 5.11 Å². The van der Waals surface area contributed by atoms with Gasteiger partial charge in [0, 0.05) is 5.56 Å². The summed E-state index contributed by atoms with van der Waals surface area (Å²) in [6.07, 6.45) is 0.659. The highest BCUT2D eigenvalue weighted by Crippen LogP contribution is 2.24. The fourth-order valence-electron chi connectivity index (χ4n) is 1.27. The van der Waals surface area contributed by atoms with Crippen molar-refractivity contribution in [1.82, 2.24) is 0 Å². The zero-order valence-corrected chi connectivity index (χ0v) is 8.87. The van der Waals surface area contributed by atoms with E-state index in [0.717, 1.165) is 5.56 Å². The maximum Gasteiger partial charge on any atom is 0.159 e. The molecular weight excluding hydrogens is 176 g/mol. The molecule has 1 aromatic rings. The monoisotopic (exact) mass is 192 g/mol. The predicted molar refractivity (Wildman–Crippen MR) is 56.3 cm³/mol. The van der Waals surface area contributed by atoms with Crippen LogP contribution in [0.4, 0.5) is 0 Å². The van der Waals surface area contributed by atoms with Gasteiger partial charge >= 0.3 is 0 Å². The summed E-state index contributed by atoms with van der Waals surface area (Å²) in [6.45, 7) is 5.24. The Morgan fingerprint density at radius 3 is 2.21 bits per heavy atom. The molecule has 0 aromatic heterocycles. The van der Waals surface area contributed by atoms with Crippen LogP contribution < -0.4 is 0 Å². The van der Waals surface area contributed by atoms with Crippen molar-refractivity contribution in [2.45, 2.75) is 32.8 Å². The highest BCUT2D eigenvalue weighted by Gasteiger charge is 2.19. The molecular formula is C12H16O2. The highest BCUT2D eigenvalue weighted by atomic mass is 16.3. The largest absolute Gasteiger partial charge is 0.385 e. The number of rotatable bonds is 3. The van der Waals surface area contributed by atoms with E-state index in [9.17, 15) is 9.90 Å². The minimum Gasteiger partial charge on any atom is -0.385 e. The lowest BCUT2D eigenvalue weighted by atomic mass is 9.92. The van der Waals surface area contributed by atoms with Crippen molar-refractivity contribution in [2.24, 2.45) is 0 Å². The van der Waals surface area contributed by atoms with Crippen molar-refractivity contribution in [3.63, 3.8) is 0 Å². The molecule has 0 spiro atoms. The summed E-state index contributed by atoms with van der Waals surface area (Å²) in [7, 11) is 0. The lowest BCUT2D eigenvalue weighted by molar-refractivity contribution is 0.0530. The summed E-state index contributed by atoms with van der Waals surface area (Å²) >= 11 is 0. The Morgan fingerprint density at radius 1 is 1.36 bits per heavy atom. The molecule has 2 nitrogen and oxygen atoms in total. The van der Waals surface area contributed by atoms with Crippen molar-refractivity contribution in [1.29, 1.82) is 0 Å². The Morgan fingerprint density at radius 2 is 1.86 bits per heavy atom. The van der Waals surface area contributed by atoms with Gasteiger partial charge in [0.1, 0.15) is 0 Å². The van der Waals surface area contributed by atoms with Crippen LogP contribution in [0.25, 0.3) is 0 Å². The van der Waals surface area contributed by atoms with Gasteiger partial charge in [-0.05, 0) is 25.8 Å². The van der Waals surface area contributed by atoms with Crippen LogP contribution in [-0.2, 0) is 5.60 Å². The lowest BCUT2D eigenvalue weighted by Gasteiger charge is -2.21. The molecule has 1 aromatic carbocycles. The Labute approximate surface area is 84.6 Å². The molecule has 1 unspecified atom stereocenters. The van der Waals surface area contributed by atoms with Crippen molar-refractivity contribution < 1.29 is 9.90 Å². The molecule has 0 fully saturated rings. The number of ketones is 1. The predicted octanol–water partition coefficient (Wildman–Crippen LogP) is 2.51. The van der Waals surface area contributed by atoms with E-state index in [2.05, 4.69) is 0 Å². The van der Waals surface area contributed by atoms with E-state index in [1.807, 2.05) is 6.92 Å². The minimum absolute atomic E-state index is 0.0488. The number of Topliss-reactive ketones (excluding diaryl/α,β-unsaturated/α-hetero) is 1. The van der Waals surface area contributed by atoms with Gasteiger partial charge in [0.15, 0.2) is 5.78 Å². The van der Waals surface area contributed by atoms with E-state index in [0.29, 0.717) is 12.0 Å². The van der Waals surface area contributed by atoms with Crippen molar-refractivity contribution in [3.05, 3.63) is 35.4 Å². The fourth-order valence-corrected chi connectivity index (χ4v) is 1.27. The van der Waals surface area contributed by atoms with E-state index in [1.165, 1.54) is 6.92 Å². The van der Waals surface area contributed by atoms with Crippen LogP contribution >= 0.6 is 0 Å². The van der Waals surface area contributed by atoms with Gasteiger partial charge in [-0.1, -0.05) is 31.2 Å². The maximum absolute atomic E-state index is 11.0. The second kappa shape index (κ2) is 3.93. The number of carbonyl (C=O) groups is 1. The number of carbonyl (C=O) groups excluding carboxylic acids is 1. The van der Waals surface area contributed by atoms with Crippen LogP contribution in [0.5, 0.6) is 0 Å². The summed E-state index contributed by atoms with van der Waals surface area (Å²) in [4.78, 5) is 11.0. The zero-order chi connectivity index (χ0) is 10.8. The first kappa shape index (κ1) is 10.9. The summed E-state index contributed by atoms with van der Waals surface area (Å²) in [5.41, 5.74) is 0.737.